The van der Waals surface area contributed by atoms with Gasteiger partial charge in [0.05, 0.1) is 12.8 Å². The predicted molar refractivity (Wildman–Crippen MR) is 127 cm³/mol. The minimum Gasteiger partial charge on any atom is -0.495 e. The summed E-state index contributed by atoms with van der Waals surface area (Å²) in [5.74, 6) is -0.0899. The first-order chi connectivity index (χ1) is 16.5. The van der Waals surface area contributed by atoms with Crippen molar-refractivity contribution in [2.45, 2.75) is 6.61 Å². The lowest BCUT2D eigenvalue weighted by Gasteiger charge is -2.13. The second kappa shape index (κ2) is 10.4. The molecule has 172 valence electrons. The number of anilines is 1. The van der Waals surface area contributed by atoms with Crippen molar-refractivity contribution in [2.24, 2.45) is 0 Å². The van der Waals surface area contributed by atoms with Crippen LogP contribution < -0.4 is 20.1 Å². The third-order valence-electron chi connectivity index (χ3n) is 5.10. The van der Waals surface area contributed by atoms with Crippen molar-refractivity contribution in [1.29, 1.82) is 0 Å². The molecule has 4 rings (SSSR count). The number of amides is 4. The summed E-state index contributed by atoms with van der Waals surface area (Å²) in [6, 6.07) is 23.1. The molecule has 0 aromatic heterocycles. The smallest absolute Gasteiger partial charge is 0.329 e. The molecule has 1 fully saturated rings. The van der Waals surface area contributed by atoms with Gasteiger partial charge in [-0.1, -0.05) is 60.7 Å². The van der Waals surface area contributed by atoms with Gasteiger partial charge in [0.2, 0.25) is 5.91 Å². The van der Waals surface area contributed by atoms with Crippen LogP contribution in [0.1, 0.15) is 11.1 Å². The van der Waals surface area contributed by atoms with Crippen LogP contribution in [0.2, 0.25) is 0 Å². The fourth-order valence-electron chi connectivity index (χ4n) is 3.42. The SMILES string of the molecule is COc1ccccc1NC(=O)CN1C(=O)N/C(=C/c2ccccc2OCc2ccccc2)C1=O. The monoisotopic (exact) mass is 457 g/mol. The summed E-state index contributed by atoms with van der Waals surface area (Å²) in [5, 5.41) is 5.19. The van der Waals surface area contributed by atoms with Crippen LogP contribution in [0.5, 0.6) is 11.5 Å². The quantitative estimate of drug-likeness (QED) is 0.396. The molecule has 0 unspecified atom stereocenters. The molecule has 1 aliphatic rings. The number of carbonyl (C=O) groups excluding carboxylic acids is 3. The van der Waals surface area contributed by atoms with Crippen LogP contribution in [-0.2, 0) is 16.2 Å². The number of nitrogens with one attached hydrogen (secondary N) is 2. The van der Waals surface area contributed by atoms with E-state index in [9.17, 15) is 14.4 Å². The zero-order valence-corrected chi connectivity index (χ0v) is 18.5. The Hall–Kier alpha value is -4.59. The van der Waals surface area contributed by atoms with Crippen molar-refractivity contribution in [2.75, 3.05) is 19.0 Å². The maximum atomic E-state index is 12.9. The van der Waals surface area contributed by atoms with Crippen LogP contribution in [0.15, 0.2) is 84.6 Å². The van der Waals surface area contributed by atoms with E-state index >= 15 is 0 Å². The Balaban J connectivity index is 1.45. The summed E-state index contributed by atoms with van der Waals surface area (Å²) in [5.41, 5.74) is 2.14. The molecule has 0 bridgehead atoms. The minimum atomic E-state index is -0.672. The highest BCUT2D eigenvalue weighted by Crippen LogP contribution is 2.25. The zero-order chi connectivity index (χ0) is 23.9. The number of rotatable bonds is 8. The lowest BCUT2D eigenvalue weighted by molar-refractivity contribution is -0.127. The Kier molecular flexibility index (Phi) is 6.88. The molecule has 0 spiro atoms. The Morgan fingerprint density at radius 1 is 0.941 bits per heavy atom. The van der Waals surface area contributed by atoms with Gasteiger partial charge in [-0.2, -0.15) is 0 Å². The predicted octanol–water partition coefficient (Wildman–Crippen LogP) is 3.81. The third kappa shape index (κ3) is 5.24. The number of imide groups is 1. The Morgan fingerprint density at radius 3 is 2.38 bits per heavy atom. The highest BCUT2D eigenvalue weighted by atomic mass is 16.5. The molecule has 2 N–H and O–H groups in total. The van der Waals surface area contributed by atoms with E-state index in [4.69, 9.17) is 9.47 Å². The van der Waals surface area contributed by atoms with E-state index in [0.29, 0.717) is 29.4 Å². The van der Waals surface area contributed by atoms with Crippen molar-refractivity contribution in [3.63, 3.8) is 0 Å². The van der Waals surface area contributed by atoms with E-state index in [-0.39, 0.29) is 5.70 Å². The maximum Gasteiger partial charge on any atom is 0.329 e. The van der Waals surface area contributed by atoms with Gasteiger partial charge in [-0.3, -0.25) is 9.59 Å². The van der Waals surface area contributed by atoms with Crippen molar-refractivity contribution in [1.82, 2.24) is 10.2 Å². The molecule has 34 heavy (non-hydrogen) atoms. The van der Waals surface area contributed by atoms with Crippen molar-refractivity contribution in [3.05, 3.63) is 95.7 Å². The van der Waals surface area contributed by atoms with E-state index in [1.165, 1.54) is 7.11 Å². The van der Waals surface area contributed by atoms with Gasteiger partial charge in [0, 0.05) is 5.56 Å². The Morgan fingerprint density at radius 2 is 1.62 bits per heavy atom. The van der Waals surface area contributed by atoms with Crippen LogP contribution in [-0.4, -0.2) is 36.4 Å². The van der Waals surface area contributed by atoms with Gasteiger partial charge in [0.1, 0.15) is 30.3 Å². The fraction of sp³-hybridized carbons (Fsp3) is 0.115. The summed E-state index contributed by atoms with van der Waals surface area (Å²) < 4.78 is 11.1. The molecule has 8 nitrogen and oxygen atoms in total. The molecule has 8 heteroatoms. The maximum absolute atomic E-state index is 12.9. The normalized spacial score (nSPS) is 14.1. The highest BCUT2D eigenvalue weighted by Gasteiger charge is 2.35. The second-order valence-electron chi connectivity index (χ2n) is 7.44. The van der Waals surface area contributed by atoms with E-state index < -0.39 is 24.4 Å². The van der Waals surface area contributed by atoms with Crippen molar-refractivity contribution >= 4 is 29.6 Å². The number of ether oxygens (including phenoxy) is 2. The van der Waals surface area contributed by atoms with Crippen LogP contribution in [0.3, 0.4) is 0 Å². The molecular weight excluding hydrogens is 434 g/mol. The number of hydrogen-bond donors (Lipinski definition) is 2. The van der Waals surface area contributed by atoms with E-state index in [1.807, 2.05) is 42.5 Å². The molecule has 1 aliphatic heterocycles. The molecule has 0 saturated carbocycles. The summed E-state index contributed by atoms with van der Waals surface area (Å²) in [6.07, 6.45) is 1.54. The highest BCUT2D eigenvalue weighted by molar-refractivity contribution is 6.16. The first-order valence-electron chi connectivity index (χ1n) is 10.6. The third-order valence-corrected chi connectivity index (χ3v) is 5.10. The van der Waals surface area contributed by atoms with E-state index in [1.54, 1.807) is 42.5 Å². The lowest BCUT2D eigenvalue weighted by atomic mass is 10.1. The average molecular weight is 457 g/mol. The second-order valence-corrected chi connectivity index (χ2v) is 7.44. The van der Waals surface area contributed by atoms with Crippen LogP contribution in [0, 0.1) is 0 Å². The number of hydrogen-bond acceptors (Lipinski definition) is 5. The lowest BCUT2D eigenvalue weighted by Crippen LogP contribution is -2.38. The van der Waals surface area contributed by atoms with Gasteiger partial charge in [-0.15, -0.1) is 0 Å². The van der Waals surface area contributed by atoms with Crippen LogP contribution in [0.4, 0.5) is 10.5 Å². The molecule has 4 amide bonds. The average Bonchev–Trinajstić information content (AvgIpc) is 3.11. The van der Waals surface area contributed by atoms with Gasteiger partial charge in [0.25, 0.3) is 5.91 Å². The standard InChI is InChI=1S/C26H23N3O5/c1-33-23-14-8-6-12-20(23)27-24(30)16-29-25(31)21(28-26(29)32)15-19-11-5-7-13-22(19)34-17-18-9-3-2-4-10-18/h2-15H,16-17H2,1H3,(H,27,30)(H,28,32)/b21-15+. The summed E-state index contributed by atoms with van der Waals surface area (Å²) in [7, 11) is 1.49. The van der Waals surface area contributed by atoms with E-state index in [2.05, 4.69) is 10.6 Å². The number of carbonyl (C=O) groups is 3. The summed E-state index contributed by atoms with van der Waals surface area (Å²) >= 11 is 0. The Bertz CT molecular complexity index is 1240. The summed E-state index contributed by atoms with van der Waals surface area (Å²) in [6.45, 7) is -0.0806. The van der Waals surface area contributed by atoms with Gasteiger partial charge < -0.3 is 20.1 Å². The topological polar surface area (TPSA) is 97.0 Å². The van der Waals surface area contributed by atoms with Crippen molar-refractivity contribution in [3.8, 4) is 11.5 Å². The van der Waals surface area contributed by atoms with Crippen LogP contribution >= 0.6 is 0 Å². The zero-order valence-electron chi connectivity index (χ0n) is 18.5. The molecule has 0 aliphatic carbocycles. The van der Waals surface area contributed by atoms with Gasteiger partial charge in [-0.25, -0.2) is 9.69 Å². The number of urea groups is 1. The minimum absolute atomic E-state index is 0.0610. The number of nitrogens with zero attached hydrogens (tertiary/aromatic N) is 1. The van der Waals surface area contributed by atoms with Gasteiger partial charge >= 0.3 is 6.03 Å². The van der Waals surface area contributed by atoms with Gasteiger partial charge in [0.15, 0.2) is 0 Å². The molecule has 1 heterocycles. The van der Waals surface area contributed by atoms with Crippen LogP contribution in [0.25, 0.3) is 6.08 Å². The summed E-state index contributed by atoms with van der Waals surface area (Å²) in [4.78, 5) is 38.6. The molecule has 3 aromatic carbocycles. The molecule has 0 atom stereocenters. The number of benzene rings is 3. The molecule has 1 saturated heterocycles. The molecule has 3 aromatic rings. The van der Waals surface area contributed by atoms with E-state index in [0.717, 1.165) is 10.5 Å². The fourth-order valence-corrected chi connectivity index (χ4v) is 3.42. The number of methoxy groups -OCH3 is 1. The molecule has 0 radical (unpaired) electrons. The first-order valence-corrected chi connectivity index (χ1v) is 10.6. The first kappa shape index (κ1) is 22.6. The van der Waals surface area contributed by atoms with Crippen molar-refractivity contribution < 1.29 is 23.9 Å². The van der Waals surface area contributed by atoms with Gasteiger partial charge in [-0.05, 0) is 29.8 Å². The Labute approximate surface area is 196 Å². The number of para-hydroxylation sites is 3. The molecular formula is C26H23N3O5. The largest absolute Gasteiger partial charge is 0.495 e.